The van der Waals surface area contributed by atoms with E-state index in [1.807, 2.05) is 37.3 Å². The van der Waals surface area contributed by atoms with Crippen molar-refractivity contribution in [2.24, 2.45) is 0 Å². The lowest BCUT2D eigenvalue weighted by atomic mass is 10.1. The number of rotatable bonds is 7. The van der Waals surface area contributed by atoms with Gasteiger partial charge in [0.25, 0.3) is 5.91 Å². The molecule has 0 aliphatic carbocycles. The zero-order valence-electron chi connectivity index (χ0n) is 15.3. The van der Waals surface area contributed by atoms with Crippen LogP contribution in [0.15, 0.2) is 71.1 Å². The smallest absolute Gasteiger partial charge is 0.287 e. The van der Waals surface area contributed by atoms with Crippen molar-refractivity contribution in [2.45, 2.75) is 24.5 Å². The molecule has 0 aliphatic rings. The molecule has 3 aromatic rings. The van der Waals surface area contributed by atoms with E-state index in [1.54, 1.807) is 24.3 Å². The maximum atomic E-state index is 12.4. The number of hydrogen-bond donors (Lipinski definition) is 1. The van der Waals surface area contributed by atoms with Crippen LogP contribution in [0.4, 0.5) is 0 Å². The molecule has 3 rings (SSSR count). The molecular weight excluding hydrogens is 398 g/mol. The zero-order valence-corrected chi connectivity index (χ0v) is 16.8. The maximum absolute atomic E-state index is 12.4. The average molecular weight is 418 g/mol. The van der Waals surface area contributed by atoms with Crippen molar-refractivity contribution in [1.29, 1.82) is 0 Å². The molecule has 7 heteroatoms. The number of carbonyl (C=O) groups excluding carboxylic acids is 1. The van der Waals surface area contributed by atoms with Crippen molar-refractivity contribution in [2.75, 3.05) is 0 Å². The predicted octanol–water partition coefficient (Wildman–Crippen LogP) is 4.54. The first-order valence-electron chi connectivity index (χ1n) is 8.72. The first-order valence-corrected chi connectivity index (χ1v) is 10.9. The minimum Gasteiger partial charge on any atom is -0.455 e. The second kappa shape index (κ2) is 8.63. The van der Waals surface area contributed by atoms with Crippen molar-refractivity contribution in [3.8, 4) is 0 Å². The predicted molar refractivity (Wildman–Crippen MR) is 109 cm³/mol. The number of amides is 1. The molecule has 0 bridgehead atoms. The molecule has 1 amide bonds. The summed E-state index contributed by atoms with van der Waals surface area (Å²) in [6, 6.07) is 19.1. The van der Waals surface area contributed by atoms with Gasteiger partial charge in [0.2, 0.25) is 0 Å². The Morgan fingerprint density at radius 2 is 1.68 bits per heavy atom. The fourth-order valence-corrected chi connectivity index (χ4v) is 4.49. The zero-order chi connectivity index (χ0) is 20.1. The second-order valence-corrected chi connectivity index (χ2v) is 8.97. The summed E-state index contributed by atoms with van der Waals surface area (Å²) < 4.78 is 30.4. The molecule has 1 unspecified atom stereocenters. The lowest BCUT2D eigenvalue weighted by molar-refractivity contribution is 0.0910. The molecule has 0 saturated heterocycles. The number of furan rings is 1. The van der Waals surface area contributed by atoms with E-state index >= 15 is 0 Å². The Morgan fingerprint density at radius 3 is 2.39 bits per heavy atom. The average Bonchev–Trinajstić information content (AvgIpc) is 3.12. The Kier molecular flexibility index (Phi) is 6.21. The molecule has 1 aromatic heterocycles. The molecular formula is C21H20ClNO4S. The summed E-state index contributed by atoms with van der Waals surface area (Å²) in [5, 5.41) is 3.24. The highest BCUT2D eigenvalue weighted by molar-refractivity contribution is 7.89. The minimum absolute atomic E-state index is 0.0747. The topological polar surface area (TPSA) is 76.4 Å². The van der Waals surface area contributed by atoms with E-state index < -0.39 is 15.7 Å². The van der Waals surface area contributed by atoms with Crippen LogP contribution < -0.4 is 5.32 Å². The molecule has 0 fully saturated rings. The highest BCUT2D eigenvalue weighted by Crippen LogP contribution is 2.21. The number of carbonyl (C=O) groups is 1. The van der Waals surface area contributed by atoms with E-state index in [-0.39, 0.29) is 29.1 Å². The van der Waals surface area contributed by atoms with Crippen molar-refractivity contribution in [1.82, 2.24) is 5.32 Å². The van der Waals surface area contributed by atoms with Crippen LogP contribution >= 0.6 is 11.6 Å². The second-order valence-electron chi connectivity index (χ2n) is 6.50. The molecule has 0 radical (unpaired) electrons. The van der Waals surface area contributed by atoms with Crippen molar-refractivity contribution >= 4 is 27.3 Å². The lowest BCUT2D eigenvalue weighted by Crippen LogP contribution is -2.26. The Morgan fingerprint density at radius 1 is 1.00 bits per heavy atom. The molecule has 0 spiro atoms. The molecule has 1 N–H and O–H groups in total. The molecule has 2 aromatic carbocycles. The van der Waals surface area contributed by atoms with Gasteiger partial charge in [-0.05, 0) is 36.2 Å². The fourth-order valence-electron chi connectivity index (χ4n) is 2.79. The quantitative estimate of drug-likeness (QED) is 0.612. The summed E-state index contributed by atoms with van der Waals surface area (Å²) in [5.74, 6) is -0.610. The largest absolute Gasteiger partial charge is 0.455 e. The lowest BCUT2D eigenvalue weighted by Gasteiger charge is -2.13. The molecule has 146 valence electrons. The Bertz CT molecular complexity index is 1060. The molecule has 28 heavy (non-hydrogen) atoms. The van der Waals surface area contributed by atoms with E-state index in [1.165, 1.54) is 12.1 Å². The Balaban J connectivity index is 1.65. The van der Waals surface area contributed by atoms with E-state index in [0.29, 0.717) is 10.6 Å². The number of hydrogen-bond acceptors (Lipinski definition) is 4. The van der Waals surface area contributed by atoms with E-state index in [2.05, 4.69) is 5.32 Å². The third-order valence-corrected chi connectivity index (χ3v) is 6.07. The van der Waals surface area contributed by atoms with Gasteiger partial charge in [0.05, 0.1) is 11.8 Å². The third-order valence-electron chi connectivity index (χ3n) is 4.23. The Hall–Kier alpha value is -2.57. The van der Waals surface area contributed by atoms with Crippen LogP contribution in [-0.4, -0.2) is 14.3 Å². The third kappa shape index (κ3) is 5.24. The van der Waals surface area contributed by atoms with Gasteiger partial charge in [-0.2, -0.15) is 0 Å². The van der Waals surface area contributed by atoms with Gasteiger partial charge < -0.3 is 9.73 Å². The van der Waals surface area contributed by atoms with Crippen LogP contribution in [0.3, 0.4) is 0 Å². The van der Waals surface area contributed by atoms with Crippen LogP contribution in [-0.2, 0) is 21.3 Å². The minimum atomic E-state index is -3.50. The summed E-state index contributed by atoms with van der Waals surface area (Å²) in [6.45, 7) is 1.87. The first kappa shape index (κ1) is 20.2. The standard InChI is InChI=1S/C21H20ClNO4S/c1-15(16-7-3-2-4-8-16)23-21(24)20-12-11-18(27-20)14-28(25,26)13-17-9-5-6-10-19(17)22/h2-12,15H,13-14H2,1H3,(H,23,24). The Labute approximate surface area is 169 Å². The van der Waals surface area contributed by atoms with Gasteiger partial charge in [-0.25, -0.2) is 8.42 Å². The van der Waals surface area contributed by atoms with Gasteiger partial charge in [0.15, 0.2) is 15.6 Å². The molecule has 0 saturated carbocycles. The van der Waals surface area contributed by atoms with Crippen LogP contribution in [0.5, 0.6) is 0 Å². The fraction of sp³-hybridized carbons (Fsp3) is 0.190. The van der Waals surface area contributed by atoms with Gasteiger partial charge in [0.1, 0.15) is 11.5 Å². The summed E-state index contributed by atoms with van der Waals surface area (Å²) >= 11 is 6.04. The number of sulfone groups is 1. The van der Waals surface area contributed by atoms with Crippen molar-refractivity contribution in [3.05, 3.63) is 94.4 Å². The van der Waals surface area contributed by atoms with Gasteiger partial charge in [-0.3, -0.25) is 4.79 Å². The summed E-state index contributed by atoms with van der Waals surface area (Å²) in [7, 11) is -3.50. The SMILES string of the molecule is CC(NC(=O)c1ccc(CS(=O)(=O)Cc2ccccc2Cl)o1)c1ccccc1. The van der Waals surface area contributed by atoms with Crippen LogP contribution in [0, 0.1) is 0 Å². The van der Waals surface area contributed by atoms with E-state index in [9.17, 15) is 13.2 Å². The van der Waals surface area contributed by atoms with E-state index in [4.69, 9.17) is 16.0 Å². The maximum Gasteiger partial charge on any atom is 0.287 e. The molecule has 0 aliphatic heterocycles. The van der Waals surface area contributed by atoms with Gasteiger partial charge >= 0.3 is 0 Å². The number of halogens is 1. The molecule has 1 heterocycles. The summed E-state index contributed by atoms with van der Waals surface area (Å²) in [4.78, 5) is 12.4. The van der Waals surface area contributed by atoms with Gasteiger partial charge in [-0.15, -0.1) is 0 Å². The van der Waals surface area contributed by atoms with Crippen LogP contribution in [0.25, 0.3) is 0 Å². The highest BCUT2D eigenvalue weighted by atomic mass is 35.5. The highest BCUT2D eigenvalue weighted by Gasteiger charge is 2.20. The number of benzene rings is 2. The van der Waals surface area contributed by atoms with Crippen molar-refractivity contribution in [3.63, 3.8) is 0 Å². The van der Waals surface area contributed by atoms with E-state index in [0.717, 1.165) is 5.56 Å². The van der Waals surface area contributed by atoms with Crippen LogP contribution in [0.2, 0.25) is 5.02 Å². The molecule has 1 atom stereocenters. The molecule has 5 nitrogen and oxygen atoms in total. The summed E-state index contributed by atoms with van der Waals surface area (Å²) in [6.07, 6.45) is 0. The van der Waals surface area contributed by atoms with Gasteiger partial charge in [-0.1, -0.05) is 60.1 Å². The summed E-state index contributed by atoms with van der Waals surface area (Å²) in [5.41, 5.74) is 1.50. The monoisotopic (exact) mass is 417 g/mol. The van der Waals surface area contributed by atoms with Crippen LogP contribution in [0.1, 0.15) is 40.4 Å². The first-order chi connectivity index (χ1) is 13.3. The van der Waals surface area contributed by atoms with Gasteiger partial charge in [0, 0.05) is 5.02 Å². The normalized spacial score (nSPS) is 12.5. The number of nitrogens with one attached hydrogen (secondary N) is 1. The van der Waals surface area contributed by atoms with Crippen molar-refractivity contribution < 1.29 is 17.6 Å².